The molecule has 0 amide bonds. The molecule has 0 atom stereocenters. The average molecular weight is 469 g/mol. The monoisotopic (exact) mass is 468 g/mol. The summed E-state index contributed by atoms with van der Waals surface area (Å²) in [5, 5.41) is 0. The summed E-state index contributed by atoms with van der Waals surface area (Å²) in [5.41, 5.74) is 13.0. The van der Waals surface area contributed by atoms with Crippen molar-refractivity contribution in [3.05, 3.63) is 70.8 Å². The molecule has 0 aliphatic heterocycles. The summed E-state index contributed by atoms with van der Waals surface area (Å²) in [4.78, 5) is 0. The molecular weight excluding hydrogens is 432 g/mol. The van der Waals surface area contributed by atoms with Gasteiger partial charge < -0.3 is 0 Å². The third kappa shape index (κ3) is 3.35. The predicted octanol–water partition coefficient (Wildman–Crippen LogP) is 9.04. The Morgan fingerprint density at radius 2 is 1.29 bits per heavy atom. The van der Waals surface area contributed by atoms with Crippen LogP contribution in [0.4, 0.5) is 0 Å². The van der Waals surface area contributed by atoms with Crippen molar-refractivity contribution >= 4 is 22.8 Å². The van der Waals surface area contributed by atoms with Crippen molar-refractivity contribution in [3.63, 3.8) is 0 Å². The molecule has 2 nitrogen and oxygen atoms in total. The standard InChI is InChI=1S/C31H36N2S/c1-9-29(3,4)20-12-14-23-22-13-11-19(17-25(22)31(7,8)26(23)18-20)21-15-16-24(30(5,6)10-2)28-27(21)32-34-33-28/h11-18H,9-10H2,1-8H3. The van der Waals surface area contributed by atoms with Gasteiger partial charge in [0.15, 0.2) is 0 Å². The lowest BCUT2D eigenvalue weighted by Gasteiger charge is -2.27. The van der Waals surface area contributed by atoms with Gasteiger partial charge in [-0.2, -0.15) is 8.75 Å². The van der Waals surface area contributed by atoms with E-state index in [0.29, 0.717) is 0 Å². The van der Waals surface area contributed by atoms with Gasteiger partial charge in [0.25, 0.3) is 0 Å². The first-order chi connectivity index (χ1) is 16.0. The van der Waals surface area contributed by atoms with Gasteiger partial charge in [0.1, 0.15) is 11.0 Å². The molecule has 4 aromatic rings. The fourth-order valence-corrected chi connectivity index (χ4v) is 5.94. The van der Waals surface area contributed by atoms with Crippen molar-refractivity contribution in [1.82, 2.24) is 8.75 Å². The van der Waals surface area contributed by atoms with Crippen LogP contribution in [0.2, 0.25) is 0 Å². The minimum absolute atomic E-state index is 0.0376. The third-order valence-electron chi connectivity index (χ3n) is 8.68. The maximum absolute atomic E-state index is 4.75. The van der Waals surface area contributed by atoms with Crippen LogP contribution in [0, 0.1) is 0 Å². The molecule has 5 rings (SSSR count). The van der Waals surface area contributed by atoms with Crippen LogP contribution in [0.15, 0.2) is 48.5 Å². The van der Waals surface area contributed by atoms with Crippen LogP contribution in [-0.2, 0) is 16.2 Å². The largest absolute Gasteiger partial charge is 0.173 e. The summed E-state index contributed by atoms with van der Waals surface area (Å²) in [6, 6.07) is 18.7. The molecule has 0 N–H and O–H groups in total. The van der Waals surface area contributed by atoms with E-state index in [4.69, 9.17) is 8.75 Å². The molecule has 1 aromatic heterocycles. The van der Waals surface area contributed by atoms with Crippen LogP contribution in [-0.4, -0.2) is 8.75 Å². The fourth-order valence-electron chi connectivity index (χ4n) is 5.37. The van der Waals surface area contributed by atoms with E-state index in [1.54, 1.807) is 0 Å². The average Bonchev–Trinajstić information content (AvgIpc) is 3.40. The van der Waals surface area contributed by atoms with Crippen LogP contribution < -0.4 is 0 Å². The van der Waals surface area contributed by atoms with Gasteiger partial charge in [0, 0.05) is 11.0 Å². The molecule has 0 saturated carbocycles. The van der Waals surface area contributed by atoms with Crippen molar-refractivity contribution in [2.24, 2.45) is 0 Å². The summed E-state index contributed by atoms with van der Waals surface area (Å²) in [6.45, 7) is 18.5. The van der Waals surface area contributed by atoms with Gasteiger partial charge in [-0.25, -0.2) is 0 Å². The van der Waals surface area contributed by atoms with Crippen LogP contribution >= 0.6 is 11.7 Å². The van der Waals surface area contributed by atoms with Crippen molar-refractivity contribution in [3.8, 4) is 22.3 Å². The van der Waals surface area contributed by atoms with Gasteiger partial charge in [-0.1, -0.05) is 97.9 Å². The first-order valence-electron chi connectivity index (χ1n) is 12.6. The molecule has 1 aliphatic carbocycles. The molecule has 1 heterocycles. The van der Waals surface area contributed by atoms with Gasteiger partial charge in [0.05, 0.1) is 11.7 Å². The molecular formula is C31H36N2S. The zero-order valence-corrected chi connectivity index (χ0v) is 22.7. The lowest BCUT2D eigenvalue weighted by atomic mass is 9.77. The number of aromatic nitrogens is 2. The Morgan fingerprint density at radius 1 is 0.706 bits per heavy atom. The number of nitrogens with zero attached hydrogens (tertiary/aromatic N) is 2. The highest BCUT2D eigenvalue weighted by Gasteiger charge is 2.37. The molecule has 0 saturated heterocycles. The molecule has 0 bridgehead atoms. The molecule has 0 spiro atoms. The maximum atomic E-state index is 4.75. The quantitative estimate of drug-likeness (QED) is 0.292. The second-order valence-corrected chi connectivity index (χ2v) is 12.3. The number of hydrogen-bond donors (Lipinski definition) is 0. The molecule has 0 unspecified atom stereocenters. The minimum Gasteiger partial charge on any atom is -0.173 e. The van der Waals surface area contributed by atoms with E-state index >= 15 is 0 Å². The second-order valence-electron chi connectivity index (χ2n) is 11.7. The van der Waals surface area contributed by atoms with Crippen molar-refractivity contribution in [2.45, 2.75) is 84.5 Å². The molecule has 176 valence electrons. The molecule has 3 aromatic carbocycles. The lowest BCUT2D eigenvalue weighted by Crippen LogP contribution is -2.19. The highest BCUT2D eigenvalue weighted by atomic mass is 32.1. The van der Waals surface area contributed by atoms with Crippen LogP contribution in [0.25, 0.3) is 33.3 Å². The molecule has 0 fully saturated rings. The van der Waals surface area contributed by atoms with Crippen molar-refractivity contribution in [2.75, 3.05) is 0 Å². The summed E-state index contributed by atoms with van der Waals surface area (Å²) < 4.78 is 9.48. The van der Waals surface area contributed by atoms with Gasteiger partial charge in [0.2, 0.25) is 0 Å². The summed E-state index contributed by atoms with van der Waals surface area (Å²) in [6.07, 6.45) is 2.20. The van der Waals surface area contributed by atoms with Crippen LogP contribution in [0.1, 0.15) is 90.5 Å². The third-order valence-corrected chi connectivity index (χ3v) is 9.21. The Hall–Kier alpha value is -2.52. The van der Waals surface area contributed by atoms with Gasteiger partial charge in [-0.3, -0.25) is 0 Å². The Balaban J connectivity index is 1.64. The first kappa shape index (κ1) is 23.2. The molecule has 0 radical (unpaired) electrons. The Morgan fingerprint density at radius 3 is 1.97 bits per heavy atom. The van der Waals surface area contributed by atoms with Gasteiger partial charge in [-0.05, 0) is 68.7 Å². The summed E-state index contributed by atoms with van der Waals surface area (Å²) in [7, 11) is 0. The van der Waals surface area contributed by atoms with Crippen molar-refractivity contribution in [1.29, 1.82) is 0 Å². The number of fused-ring (bicyclic) bond motifs is 4. The van der Waals surface area contributed by atoms with Gasteiger partial charge >= 0.3 is 0 Å². The number of hydrogen-bond acceptors (Lipinski definition) is 3. The van der Waals surface area contributed by atoms with Crippen LogP contribution in [0.5, 0.6) is 0 Å². The number of benzene rings is 3. The second kappa shape index (κ2) is 7.75. The molecule has 34 heavy (non-hydrogen) atoms. The highest BCUT2D eigenvalue weighted by Crippen LogP contribution is 2.51. The predicted molar refractivity (Wildman–Crippen MR) is 147 cm³/mol. The fraction of sp³-hybridized carbons (Fsp3) is 0.419. The normalized spacial score (nSPS) is 14.9. The summed E-state index contributed by atoms with van der Waals surface area (Å²) in [5.74, 6) is 0. The zero-order chi connectivity index (χ0) is 24.5. The Bertz CT molecular complexity index is 1400. The van der Waals surface area contributed by atoms with Crippen LogP contribution in [0.3, 0.4) is 0 Å². The van der Waals surface area contributed by atoms with E-state index in [1.165, 1.54) is 56.2 Å². The summed E-state index contributed by atoms with van der Waals surface area (Å²) >= 11 is 1.32. The first-order valence-corrected chi connectivity index (χ1v) is 13.3. The van der Waals surface area contributed by atoms with E-state index in [-0.39, 0.29) is 16.2 Å². The molecule has 1 aliphatic rings. The molecule has 3 heteroatoms. The maximum Gasteiger partial charge on any atom is 0.112 e. The minimum atomic E-state index is -0.0376. The number of rotatable bonds is 5. The Kier molecular flexibility index (Phi) is 5.29. The smallest absolute Gasteiger partial charge is 0.112 e. The van der Waals surface area contributed by atoms with E-state index in [1.807, 2.05) is 0 Å². The van der Waals surface area contributed by atoms with E-state index in [2.05, 4.69) is 104 Å². The SMILES string of the molecule is CCC(C)(C)c1ccc2c(c1)C(C)(C)c1cc(-c3ccc(C(C)(C)CC)c4nsnc34)ccc1-2. The zero-order valence-electron chi connectivity index (χ0n) is 21.8. The highest BCUT2D eigenvalue weighted by molar-refractivity contribution is 7.00. The van der Waals surface area contributed by atoms with Gasteiger partial charge in [-0.15, -0.1) is 0 Å². The Labute approximate surface area is 208 Å². The lowest BCUT2D eigenvalue weighted by molar-refractivity contribution is 0.504. The van der Waals surface area contributed by atoms with E-state index in [9.17, 15) is 0 Å². The van der Waals surface area contributed by atoms with E-state index in [0.717, 1.165) is 23.9 Å². The van der Waals surface area contributed by atoms with Crippen molar-refractivity contribution < 1.29 is 0 Å². The topological polar surface area (TPSA) is 25.8 Å². The van der Waals surface area contributed by atoms with E-state index < -0.39 is 0 Å².